The van der Waals surface area contributed by atoms with E-state index in [1.165, 1.54) is 24.8 Å². The molecule has 86 valence electrons. The van der Waals surface area contributed by atoms with E-state index in [1.54, 1.807) is 0 Å². The fourth-order valence-corrected chi connectivity index (χ4v) is 3.31. The van der Waals surface area contributed by atoms with Crippen LogP contribution in [0.3, 0.4) is 0 Å². The van der Waals surface area contributed by atoms with Crippen molar-refractivity contribution in [2.75, 3.05) is 6.54 Å². The van der Waals surface area contributed by atoms with Gasteiger partial charge in [-0.25, -0.2) is 0 Å². The molecule has 2 fully saturated rings. The number of nitrogens with zero attached hydrogens (tertiary/aromatic N) is 1. The highest BCUT2D eigenvalue weighted by Crippen LogP contribution is 2.36. The van der Waals surface area contributed by atoms with Gasteiger partial charge in [0.15, 0.2) is 0 Å². The topological polar surface area (TPSA) is 23.5 Å². The minimum Gasteiger partial charge on any atom is -0.378 e. The third kappa shape index (κ3) is 1.76. The van der Waals surface area contributed by atoms with Crippen molar-refractivity contribution in [2.45, 2.75) is 38.0 Å². The zero-order valence-electron chi connectivity index (χ0n) is 9.55. The van der Waals surface area contributed by atoms with Crippen molar-refractivity contribution >= 4 is 0 Å². The Morgan fingerprint density at radius 2 is 2.06 bits per heavy atom. The van der Waals surface area contributed by atoms with Crippen molar-refractivity contribution < 1.29 is 5.11 Å². The first-order valence-corrected chi connectivity index (χ1v) is 6.32. The number of hydrogen-bond donors (Lipinski definition) is 1. The largest absolute Gasteiger partial charge is 0.378 e. The number of hydrogen-bond acceptors (Lipinski definition) is 2. The van der Waals surface area contributed by atoms with Crippen LogP contribution >= 0.6 is 0 Å². The predicted molar refractivity (Wildman–Crippen MR) is 64.0 cm³/mol. The lowest BCUT2D eigenvalue weighted by Gasteiger charge is -2.21. The van der Waals surface area contributed by atoms with Crippen LogP contribution < -0.4 is 0 Å². The first-order chi connectivity index (χ1) is 7.84. The molecule has 2 aliphatic heterocycles. The van der Waals surface area contributed by atoms with E-state index in [4.69, 9.17) is 0 Å². The highest BCUT2D eigenvalue weighted by atomic mass is 16.3. The Kier molecular flexibility index (Phi) is 2.70. The summed E-state index contributed by atoms with van der Waals surface area (Å²) in [5.41, 5.74) is 1.35. The van der Waals surface area contributed by atoms with E-state index in [-0.39, 0.29) is 6.23 Å². The van der Waals surface area contributed by atoms with Crippen LogP contribution in [0.2, 0.25) is 0 Å². The monoisotopic (exact) mass is 217 g/mol. The minimum absolute atomic E-state index is 0.201. The third-order valence-corrected chi connectivity index (χ3v) is 4.10. The van der Waals surface area contributed by atoms with Gasteiger partial charge in [-0.3, -0.25) is 4.90 Å². The molecule has 3 atom stereocenters. The van der Waals surface area contributed by atoms with Crippen LogP contribution in [0.15, 0.2) is 30.3 Å². The van der Waals surface area contributed by atoms with Crippen molar-refractivity contribution in [2.24, 2.45) is 5.92 Å². The molecule has 1 N–H and O–H groups in total. The zero-order valence-corrected chi connectivity index (χ0v) is 9.55. The summed E-state index contributed by atoms with van der Waals surface area (Å²) in [6, 6.07) is 11.2. The SMILES string of the molecule is OC1C(Cc2ccccc2)C[C@@H]2CCCN12. The Bertz CT molecular complexity index is 351. The molecule has 0 radical (unpaired) electrons. The highest BCUT2D eigenvalue weighted by molar-refractivity contribution is 5.16. The van der Waals surface area contributed by atoms with Gasteiger partial charge in [0.1, 0.15) is 6.23 Å². The van der Waals surface area contributed by atoms with Crippen LogP contribution in [-0.2, 0) is 6.42 Å². The second-order valence-corrected chi connectivity index (χ2v) is 5.13. The Balaban J connectivity index is 1.69. The summed E-state index contributed by atoms with van der Waals surface area (Å²) in [4.78, 5) is 2.30. The van der Waals surface area contributed by atoms with E-state index in [9.17, 15) is 5.11 Å². The van der Waals surface area contributed by atoms with Gasteiger partial charge in [0.25, 0.3) is 0 Å². The smallest absolute Gasteiger partial charge is 0.110 e. The fraction of sp³-hybridized carbons (Fsp3) is 0.571. The summed E-state index contributed by atoms with van der Waals surface area (Å²) < 4.78 is 0. The number of aliphatic hydroxyl groups excluding tert-OH is 1. The molecule has 3 rings (SSSR count). The van der Waals surface area contributed by atoms with Gasteiger partial charge < -0.3 is 5.11 Å². The van der Waals surface area contributed by atoms with Gasteiger partial charge in [0, 0.05) is 18.5 Å². The molecule has 2 nitrogen and oxygen atoms in total. The van der Waals surface area contributed by atoms with E-state index in [2.05, 4.69) is 29.2 Å². The maximum absolute atomic E-state index is 10.2. The molecule has 2 heterocycles. The van der Waals surface area contributed by atoms with Crippen molar-refractivity contribution in [1.29, 1.82) is 0 Å². The average molecular weight is 217 g/mol. The Hall–Kier alpha value is -0.860. The average Bonchev–Trinajstić information content (AvgIpc) is 2.86. The predicted octanol–water partition coefficient (Wildman–Crippen LogP) is 2.03. The Morgan fingerprint density at radius 3 is 2.81 bits per heavy atom. The molecule has 2 aliphatic rings. The van der Waals surface area contributed by atoms with Crippen LogP contribution in [0.25, 0.3) is 0 Å². The number of rotatable bonds is 2. The van der Waals surface area contributed by atoms with Crippen molar-refractivity contribution in [3.63, 3.8) is 0 Å². The summed E-state index contributed by atoms with van der Waals surface area (Å²) in [6.45, 7) is 1.09. The van der Waals surface area contributed by atoms with Gasteiger partial charge in [-0.1, -0.05) is 30.3 Å². The van der Waals surface area contributed by atoms with E-state index >= 15 is 0 Å². The molecule has 0 spiro atoms. The number of fused-ring (bicyclic) bond motifs is 1. The maximum atomic E-state index is 10.2. The molecule has 0 saturated carbocycles. The van der Waals surface area contributed by atoms with Gasteiger partial charge in [0.2, 0.25) is 0 Å². The first kappa shape index (κ1) is 10.3. The van der Waals surface area contributed by atoms with E-state index in [1.807, 2.05) is 6.07 Å². The number of benzene rings is 1. The summed E-state index contributed by atoms with van der Waals surface area (Å²) in [5.74, 6) is 0.438. The van der Waals surface area contributed by atoms with Crippen LogP contribution in [0.5, 0.6) is 0 Å². The van der Waals surface area contributed by atoms with E-state index in [0.717, 1.165) is 13.0 Å². The Labute approximate surface area is 96.9 Å². The van der Waals surface area contributed by atoms with E-state index in [0.29, 0.717) is 12.0 Å². The van der Waals surface area contributed by atoms with Gasteiger partial charge >= 0.3 is 0 Å². The quantitative estimate of drug-likeness (QED) is 0.819. The second kappa shape index (κ2) is 4.19. The summed E-state index contributed by atoms with van der Waals surface area (Å²) in [7, 11) is 0. The van der Waals surface area contributed by atoms with Gasteiger partial charge in [-0.05, 0) is 31.2 Å². The van der Waals surface area contributed by atoms with Gasteiger partial charge in [-0.15, -0.1) is 0 Å². The molecule has 2 heteroatoms. The lowest BCUT2D eigenvalue weighted by Crippen LogP contribution is -2.33. The van der Waals surface area contributed by atoms with Crippen molar-refractivity contribution in [3.8, 4) is 0 Å². The van der Waals surface area contributed by atoms with Crippen LogP contribution in [-0.4, -0.2) is 28.8 Å². The Morgan fingerprint density at radius 1 is 1.25 bits per heavy atom. The maximum Gasteiger partial charge on any atom is 0.110 e. The summed E-state index contributed by atoms with van der Waals surface area (Å²) >= 11 is 0. The minimum atomic E-state index is -0.201. The molecule has 0 aliphatic carbocycles. The molecular weight excluding hydrogens is 198 g/mol. The molecule has 2 saturated heterocycles. The normalized spacial score (nSPS) is 34.2. The molecule has 0 aromatic heterocycles. The van der Waals surface area contributed by atoms with Crippen molar-refractivity contribution in [3.05, 3.63) is 35.9 Å². The van der Waals surface area contributed by atoms with Crippen LogP contribution in [0.4, 0.5) is 0 Å². The standard InChI is InChI=1S/C14H19NO/c16-14-12(9-11-5-2-1-3-6-11)10-13-7-4-8-15(13)14/h1-3,5-6,12-14,16H,4,7-10H2/t12?,13-,14?/m0/s1. The van der Waals surface area contributed by atoms with Crippen LogP contribution in [0, 0.1) is 5.92 Å². The molecule has 0 bridgehead atoms. The molecule has 1 aromatic rings. The second-order valence-electron chi connectivity index (χ2n) is 5.13. The fourth-order valence-electron chi connectivity index (χ4n) is 3.31. The zero-order chi connectivity index (χ0) is 11.0. The molecule has 1 aromatic carbocycles. The summed E-state index contributed by atoms with van der Waals surface area (Å²) in [5, 5.41) is 10.2. The van der Waals surface area contributed by atoms with Gasteiger partial charge in [-0.2, -0.15) is 0 Å². The molecule has 2 unspecified atom stereocenters. The molecule has 16 heavy (non-hydrogen) atoms. The first-order valence-electron chi connectivity index (χ1n) is 6.32. The lowest BCUT2D eigenvalue weighted by atomic mass is 9.94. The molecule has 0 amide bonds. The van der Waals surface area contributed by atoms with E-state index < -0.39 is 0 Å². The van der Waals surface area contributed by atoms with Gasteiger partial charge in [0.05, 0.1) is 0 Å². The summed E-state index contributed by atoms with van der Waals surface area (Å²) in [6.07, 6.45) is 4.54. The highest BCUT2D eigenvalue weighted by Gasteiger charge is 2.41. The lowest BCUT2D eigenvalue weighted by molar-refractivity contribution is 0.00728. The third-order valence-electron chi connectivity index (χ3n) is 4.10. The number of aliphatic hydroxyl groups is 1. The van der Waals surface area contributed by atoms with Crippen molar-refractivity contribution in [1.82, 2.24) is 4.90 Å². The van der Waals surface area contributed by atoms with Crippen LogP contribution in [0.1, 0.15) is 24.8 Å². The molecular formula is C14H19NO.